The fourth-order valence-corrected chi connectivity index (χ4v) is 2.21. The summed E-state index contributed by atoms with van der Waals surface area (Å²) in [7, 11) is 1.61. The Morgan fingerprint density at radius 1 is 1.59 bits per heavy atom. The molecule has 0 radical (unpaired) electrons. The molecule has 2 N–H and O–H groups in total. The number of benzene rings is 1. The Hall–Kier alpha value is -1.23. The minimum Gasteiger partial charge on any atom is -0.496 e. The lowest BCUT2D eigenvalue weighted by atomic mass is 10.1. The molecule has 0 unspecified atom stereocenters. The summed E-state index contributed by atoms with van der Waals surface area (Å²) < 4.78 is 5.98. The predicted molar refractivity (Wildman–Crippen MR) is 68.5 cm³/mol. The molecule has 0 aliphatic heterocycles. The SMILES string of the molecule is COc1ccc(NCC2(C(=O)O)CC2)cc1Br. The Labute approximate surface area is 108 Å². The van der Waals surface area contributed by atoms with Gasteiger partial charge in [0.2, 0.25) is 0 Å². The van der Waals surface area contributed by atoms with Crippen LogP contribution in [0, 0.1) is 5.41 Å². The highest BCUT2D eigenvalue weighted by Crippen LogP contribution is 2.45. The van der Waals surface area contributed by atoms with E-state index in [2.05, 4.69) is 21.2 Å². The van der Waals surface area contributed by atoms with Crippen LogP contribution in [-0.4, -0.2) is 24.7 Å². The summed E-state index contributed by atoms with van der Waals surface area (Å²) in [5.74, 6) is 0.0486. The highest BCUT2D eigenvalue weighted by molar-refractivity contribution is 9.10. The molecule has 4 nitrogen and oxygen atoms in total. The molecule has 0 aromatic heterocycles. The minimum atomic E-state index is -0.711. The van der Waals surface area contributed by atoms with Crippen molar-refractivity contribution in [2.45, 2.75) is 12.8 Å². The molecule has 0 spiro atoms. The average molecular weight is 300 g/mol. The van der Waals surface area contributed by atoms with Crippen LogP contribution in [0.3, 0.4) is 0 Å². The predicted octanol–water partition coefficient (Wildman–Crippen LogP) is 2.73. The van der Waals surface area contributed by atoms with E-state index in [1.54, 1.807) is 7.11 Å². The van der Waals surface area contributed by atoms with E-state index in [-0.39, 0.29) is 0 Å². The lowest BCUT2D eigenvalue weighted by molar-refractivity contribution is -0.142. The molecule has 1 aliphatic rings. The Bertz CT molecular complexity index is 443. The number of hydrogen-bond acceptors (Lipinski definition) is 3. The van der Waals surface area contributed by atoms with Crippen LogP contribution in [0.5, 0.6) is 5.75 Å². The Morgan fingerprint density at radius 2 is 2.29 bits per heavy atom. The van der Waals surface area contributed by atoms with Crippen LogP contribution in [0.4, 0.5) is 5.69 Å². The topological polar surface area (TPSA) is 58.6 Å². The largest absolute Gasteiger partial charge is 0.496 e. The molecule has 1 aromatic rings. The summed E-state index contributed by atoms with van der Waals surface area (Å²) >= 11 is 3.39. The number of carbonyl (C=O) groups is 1. The van der Waals surface area contributed by atoms with E-state index in [0.717, 1.165) is 28.8 Å². The van der Waals surface area contributed by atoms with Crippen molar-refractivity contribution in [1.29, 1.82) is 0 Å². The molecule has 1 fully saturated rings. The van der Waals surface area contributed by atoms with Crippen molar-refractivity contribution in [1.82, 2.24) is 0 Å². The van der Waals surface area contributed by atoms with Crippen molar-refractivity contribution in [3.63, 3.8) is 0 Å². The molecule has 1 saturated carbocycles. The number of hydrogen-bond donors (Lipinski definition) is 2. The van der Waals surface area contributed by atoms with Crippen LogP contribution in [0.1, 0.15) is 12.8 Å². The Morgan fingerprint density at radius 3 is 2.76 bits per heavy atom. The van der Waals surface area contributed by atoms with Gasteiger partial charge in [-0.1, -0.05) is 0 Å². The van der Waals surface area contributed by atoms with E-state index in [1.165, 1.54) is 0 Å². The number of rotatable bonds is 5. The second-order valence-electron chi connectivity index (χ2n) is 4.29. The first kappa shape index (κ1) is 12.2. The molecule has 1 aromatic carbocycles. The zero-order valence-corrected chi connectivity index (χ0v) is 11.1. The van der Waals surface area contributed by atoms with E-state index in [9.17, 15) is 4.79 Å². The molecule has 5 heteroatoms. The lowest BCUT2D eigenvalue weighted by Gasteiger charge is -2.13. The Kier molecular flexibility index (Phi) is 3.28. The van der Waals surface area contributed by atoms with Crippen molar-refractivity contribution >= 4 is 27.6 Å². The number of halogens is 1. The smallest absolute Gasteiger partial charge is 0.311 e. The van der Waals surface area contributed by atoms with Gasteiger partial charge in [0.25, 0.3) is 0 Å². The zero-order valence-electron chi connectivity index (χ0n) is 9.50. The number of carboxylic acids is 1. The summed E-state index contributed by atoms with van der Waals surface area (Å²) in [6, 6.07) is 5.60. The Balaban J connectivity index is 2.00. The van der Waals surface area contributed by atoms with Crippen molar-refractivity contribution in [3.8, 4) is 5.75 Å². The standard InChI is InChI=1S/C12H14BrNO3/c1-17-10-3-2-8(6-9(10)13)14-7-12(4-5-12)11(15)16/h2-3,6,14H,4-5,7H2,1H3,(H,15,16). The van der Waals surface area contributed by atoms with Gasteiger partial charge in [0.1, 0.15) is 5.75 Å². The van der Waals surface area contributed by atoms with Crippen molar-refractivity contribution in [2.75, 3.05) is 19.0 Å². The first-order chi connectivity index (χ1) is 8.07. The monoisotopic (exact) mass is 299 g/mol. The molecule has 17 heavy (non-hydrogen) atoms. The van der Waals surface area contributed by atoms with Gasteiger partial charge in [0.15, 0.2) is 0 Å². The molecule has 1 aliphatic carbocycles. The van der Waals surface area contributed by atoms with Crippen molar-refractivity contribution in [2.24, 2.45) is 5.41 Å². The van der Waals surface area contributed by atoms with Gasteiger partial charge >= 0.3 is 5.97 Å². The third-order valence-corrected chi connectivity index (χ3v) is 3.71. The van der Waals surface area contributed by atoms with Crippen molar-refractivity contribution < 1.29 is 14.6 Å². The molecule has 2 rings (SSSR count). The average Bonchev–Trinajstić information content (AvgIpc) is 3.07. The maximum atomic E-state index is 11.0. The fourth-order valence-electron chi connectivity index (χ4n) is 1.66. The molecule has 92 valence electrons. The summed E-state index contributed by atoms with van der Waals surface area (Å²) in [5.41, 5.74) is 0.345. The highest BCUT2D eigenvalue weighted by Gasteiger charge is 2.49. The van der Waals surface area contributed by atoms with Gasteiger partial charge in [0.05, 0.1) is 17.0 Å². The maximum absolute atomic E-state index is 11.0. The summed E-state index contributed by atoms with van der Waals surface area (Å²) in [6.45, 7) is 0.473. The first-order valence-electron chi connectivity index (χ1n) is 5.38. The van der Waals surface area contributed by atoms with Crippen LogP contribution in [0.2, 0.25) is 0 Å². The molecule has 0 atom stereocenters. The number of nitrogens with one attached hydrogen (secondary N) is 1. The molecule has 0 amide bonds. The zero-order chi connectivity index (χ0) is 12.5. The van der Waals surface area contributed by atoms with Gasteiger partial charge in [-0.3, -0.25) is 4.79 Å². The number of aliphatic carboxylic acids is 1. The van der Waals surface area contributed by atoms with Crippen LogP contribution >= 0.6 is 15.9 Å². The summed E-state index contributed by atoms with van der Waals surface area (Å²) in [4.78, 5) is 11.0. The number of methoxy groups -OCH3 is 1. The minimum absolute atomic E-state index is 0.473. The van der Waals surface area contributed by atoms with E-state index < -0.39 is 11.4 Å². The van der Waals surface area contributed by atoms with Crippen LogP contribution < -0.4 is 10.1 Å². The van der Waals surface area contributed by atoms with Gasteiger partial charge < -0.3 is 15.2 Å². The number of carboxylic acid groups (broad SMARTS) is 1. The first-order valence-corrected chi connectivity index (χ1v) is 6.17. The van der Waals surface area contributed by atoms with E-state index >= 15 is 0 Å². The second kappa shape index (κ2) is 4.56. The number of anilines is 1. The normalized spacial score (nSPS) is 16.4. The van der Waals surface area contributed by atoms with E-state index in [0.29, 0.717) is 6.54 Å². The second-order valence-corrected chi connectivity index (χ2v) is 5.14. The third kappa shape index (κ3) is 2.54. The van der Waals surface area contributed by atoms with Gasteiger partial charge in [-0.25, -0.2) is 0 Å². The molecular weight excluding hydrogens is 286 g/mol. The van der Waals surface area contributed by atoms with Crippen molar-refractivity contribution in [3.05, 3.63) is 22.7 Å². The molecular formula is C12H14BrNO3. The lowest BCUT2D eigenvalue weighted by Crippen LogP contribution is -2.24. The maximum Gasteiger partial charge on any atom is 0.311 e. The van der Waals surface area contributed by atoms with Gasteiger partial charge in [0, 0.05) is 12.2 Å². The number of ether oxygens (including phenoxy) is 1. The highest BCUT2D eigenvalue weighted by atomic mass is 79.9. The van der Waals surface area contributed by atoms with E-state index in [4.69, 9.17) is 9.84 Å². The molecule has 0 saturated heterocycles. The van der Waals surface area contributed by atoms with Gasteiger partial charge in [-0.15, -0.1) is 0 Å². The van der Waals surface area contributed by atoms with Crippen LogP contribution in [0.15, 0.2) is 22.7 Å². The quantitative estimate of drug-likeness (QED) is 0.878. The van der Waals surface area contributed by atoms with Gasteiger partial charge in [-0.05, 0) is 47.0 Å². The summed E-state index contributed by atoms with van der Waals surface area (Å²) in [6.07, 6.45) is 1.51. The van der Waals surface area contributed by atoms with Crippen LogP contribution in [0.25, 0.3) is 0 Å². The molecule has 0 heterocycles. The summed E-state index contributed by atoms with van der Waals surface area (Å²) in [5, 5.41) is 12.2. The van der Waals surface area contributed by atoms with Crippen LogP contribution in [-0.2, 0) is 4.79 Å². The third-order valence-electron chi connectivity index (χ3n) is 3.09. The fraction of sp³-hybridized carbons (Fsp3) is 0.417. The molecule has 0 bridgehead atoms. The van der Waals surface area contributed by atoms with E-state index in [1.807, 2.05) is 18.2 Å². The van der Waals surface area contributed by atoms with Gasteiger partial charge in [-0.2, -0.15) is 0 Å².